The lowest BCUT2D eigenvalue weighted by molar-refractivity contribution is -0.130. The van der Waals surface area contributed by atoms with E-state index in [9.17, 15) is 19.5 Å². The van der Waals surface area contributed by atoms with E-state index in [0.717, 1.165) is 5.56 Å². The molecule has 0 bridgehead atoms. The zero-order valence-electron chi connectivity index (χ0n) is 17.4. The molecule has 32 heavy (non-hydrogen) atoms. The standard InChI is InChI=1S/C26H22ClNO4/c1-16(29)17-9-13-21(14-10-17)28-24(18-5-3-2-4-6-18)22(15-23(30)26(28)32)25(31)19-7-11-20(27)12-8-19/h2-14,22-24,30H,15H2,1H3. The molecule has 3 atom stereocenters. The number of hydrogen-bond donors (Lipinski definition) is 1. The fourth-order valence-electron chi connectivity index (χ4n) is 4.20. The van der Waals surface area contributed by atoms with Gasteiger partial charge in [0.1, 0.15) is 6.10 Å². The highest BCUT2D eigenvalue weighted by Gasteiger charge is 2.45. The topological polar surface area (TPSA) is 74.7 Å². The lowest BCUT2D eigenvalue weighted by Gasteiger charge is -2.42. The highest BCUT2D eigenvalue weighted by atomic mass is 35.5. The maximum atomic E-state index is 13.5. The molecule has 6 heteroatoms. The number of Topliss-reactive ketones (excluding diaryl/α,β-unsaturated/α-hetero) is 2. The van der Waals surface area contributed by atoms with Gasteiger partial charge in [0.15, 0.2) is 11.6 Å². The molecule has 0 radical (unpaired) electrons. The van der Waals surface area contributed by atoms with Crippen molar-refractivity contribution in [2.75, 3.05) is 4.90 Å². The molecule has 1 heterocycles. The number of aliphatic hydroxyl groups excluding tert-OH is 1. The van der Waals surface area contributed by atoms with Gasteiger partial charge >= 0.3 is 0 Å². The van der Waals surface area contributed by atoms with E-state index in [1.807, 2.05) is 30.3 Å². The van der Waals surface area contributed by atoms with Crippen LogP contribution in [-0.4, -0.2) is 28.7 Å². The van der Waals surface area contributed by atoms with Crippen molar-refractivity contribution in [2.24, 2.45) is 5.92 Å². The summed E-state index contributed by atoms with van der Waals surface area (Å²) in [4.78, 5) is 39.8. The summed E-state index contributed by atoms with van der Waals surface area (Å²) >= 11 is 5.98. The van der Waals surface area contributed by atoms with Crippen molar-refractivity contribution in [3.8, 4) is 0 Å². The van der Waals surface area contributed by atoms with Gasteiger partial charge < -0.3 is 10.0 Å². The van der Waals surface area contributed by atoms with Crippen LogP contribution in [0.5, 0.6) is 0 Å². The normalized spacial score (nSPS) is 20.8. The van der Waals surface area contributed by atoms with E-state index in [0.29, 0.717) is 21.8 Å². The number of carbonyl (C=O) groups is 3. The summed E-state index contributed by atoms with van der Waals surface area (Å²) in [6.07, 6.45) is -1.30. The van der Waals surface area contributed by atoms with Crippen LogP contribution in [0.3, 0.4) is 0 Å². The van der Waals surface area contributed by atoms with Crippen molar-refractivity contribution in [3.05, 3.63) is 101 Å². The molecule has 0 saturated carbocycles. The predicted molar refractivity (Wildman–Crippen MR) is 123 cm³/mol. The van der Waals surface area contributed by atoms with Crippen LogP contribution in [0.15, 0.2) is 78.9 Å². The minimum atomic E-state index is -1.32. The molecule has 3 aromatic carbocycles. The molecule has 1 saturated heterocycles. The Bertz CT molecular complexity index is 1140. The molecule has 5 nitrogen and oxygen atoms in total. The molecule has 0 aliphatic carbocycles. The highest BCUT2D eigenvalue weighted by molar-refractivity contribution is 6.30. The Morgan fingerprint density at radius 2 is 1.50 bits per heavy atom. The van der Waals surface area contributed by atoms with E-state index >= 15 is 0 Å². The third kappa shape index (κ3) is 4.22. The number of amides is 1. The lowest BCUT2D eigenvalue weighted by atomic mass is 9.78. The van der Waals surface area contributed by atoms with E-state index < -0.39 is 24.0 Å². The first-order valence-electron chi connectivity index (χ1n) is 10.3. The number of rotatable bonds is 5. The van der Waals surface area contributed by atoms with E-state index in [1.165, 1.54) is 11.8 Å². The monoisotopic (exact) mass is 447 g/mol. The third-order valence-corrected chi connectivity index (χ3v) is 6.07. The summed E-state index contributed by atoms with van der Waals surface area (Å²) < 4.78 is 0. The van der Waals surface area contributed by atoms with Crippen molar-refractivity contribution in [2.45, 2.75) is 25.5 Å². The smallest absolute Gasteiger partial charge is 0.256 e. The van der Waals surface area contributed by atoms with E-state index in [-0.39, 0.29) is 18.0 Å². The second kappa shape index (κ2) is 9.07. The van der Waals surface area contributed by atoms with Crippen LogP contribution < -0.4 is 4.90 Å². The van der Waals surface area contributed by atoms with Crippen LogP contribution >= 0.6 is 11.6 Å². The van der Waals surface area contributed by atoms with Crippen LogP contribution in [0, 0.1) is 5.92 Å². The Balaban J connectivity index is 1.82. The maximum absolute atomic E-state index is 13.5. The van der Waals surface area contributed by atoms with Gasteiger partial charge in [-0.3, -0.25) is 14.4 Å². The van der Waals surface area contributed by atoms with Crippen molar-refractivity contribution >= 4 is 34.8 Å². The Labute approximate surface area is 191 Å². The fourth-order valence-corrected chi connectivity index (χ4v) is 4.33. The van der Waals surface area contributed by atoms with E-state index in [1.54, 1.807) is 48.5 Å². The minimum Gasteiger partial charge on any atom is -0.383 e. The van der Waals surface area contributed by atoms with Gasteiger partial charge in [0.05, 0.1) is 12.0 Å². The van der Waals surface area contributed by atoms with E-state index in [4.69, 9.17) is 11.6 Å². The number of aliphatic hydroxyl groups is 1. The second-order valence-corrected chi connectivity index (χ2v) is 8.33. The Morgan fingerprint density at radius 3 is 2.09 bits per heavy atom. The summed E-state index contributed by atoms with van der Waals surface area (Å²) in [5, 5.41) is 11.1. The van der Waals surface area contributed by atoms with Crippen molar-refractivity contribution < 1.29 is 19.5 Å². The average Bonchev–Trinajstić information content (AvgIpc) is 2.81. The largest absolute Gasteiger partial charge is 0.383 e. The maximum Gasteiger partial charge on any atom is 0.256 e. The Kier molecular flexibility index (Phi) is 6.21. The SMILES string of the molecule is CC(=O)c1ccc(N2C(=O)C(O)CC(C(=O)c3ccc(Cl)cc3)C2c2ccccc2)cc1. The summed E-state index contributed by atoms with van der Waals surface area (Å²) in [6, 6.07) is 21.9. The first-order chi connectivity index (χ1) is 15.4. The first kappa shape index (κ1) is 21.9. The number of hydrogen-bond acceptors (Lipinski definition) is 4. The summed E-state index contributed by atoms with van der Waals surface area (Å²) in [5.41, 5.74) is 2.29. The molecule has 1 N–H and O–H groups in total. The number of ketones is 2. The van der Waals surface area contributed by atoms with Gasteiger partial charge in [0.25, 0.3) is 5.91 Å². The molecule has 162 valence electrons. The lowest BCUT2D eigenvalue weighted by Crippen LogP contribution is -2.52. The highest BCUT2D eigenvalue weighted by Crippen LogP contribution is 2.41. The Hall–Kier alpha value is -3.28. The zero-order chi connectivity index (χ0) is 22.8. The van der Waals surface area contributed by atoms with E-state index in [2.05, 4.69) is 0 Å². The fraction of sp³-hybridized carbons (Fsp3) is 0.192. The molecule has 1 aliphatic rings. The molecule has 1 amide bonds. The van der Waals surface area contributed by atoms with Crippen molar-refractivity contribution in [1.29, 1.82) is 0 Å². The first-order valence-corrected chi connectivity index (χ1v) is 10.7. The number of nitrogens with zero attached hydrogens (tertiary/aromatic N) is 1. The van der Waals surface area contributed by atoms with Gasteiger partial charge in [0.2, 0.25) is 0 Å². The molecule has 1 fully saturated rings. The molecule has 1 aliphatic heterocycles. The quantitative estimate of drug-likeness (QED) is 0.565. The number of benzene rings is 3. The van der Waals surface area contributed by atoms with Gasteiger partial charge in [-0.2, -0.15) is 0 Å². The van der Waals surface area contributed by atoms with Gasteiger partial charge in [-0.15, -0.1) is 0 Å². The molecule has 4 rings (SSSR count). The summed E-state index contributed by atoms with van der Waals surface area (Å²) in [6.45, 7) is 1.47. The zero-order valence-corrected chi connectivity index (χ0v) is 18.2. The minimum absolute atomic E-state index is 0.0158. The molecule has 0 aromatic heterocycles. The number of halogens is 1. The molecule has 3 aromatic rings. The van der Waals surface area contributed by atoms with Crippen molar-refractivity contribution in [1.82, 2.24) is 0 Å². The van der Waals surface area contributed by atoms with Crippen LogP contribution in [0.2, 0.25) is 5.02 Å². The number of anilines is 1. The van der Waals surface area contributed by atoms with Gasteiger partial charge in [-0.1, -0.05) is 41.9 Å². The number of carbonyl (C=O) groups excluding carboxylic acids is 3. The summed E-state index contributed by atoms with van der Waals surface area (Å²) in [5.74, 6) is -1.40. The predicted octanol–water partition coefficient (Wildman–Crippen LogP) is 4.88. The Morgan fingerprint density at radius 1 is 0.906 bits per heavy atom. The van der Waals surface area contributed by atoms with Crippen LogP contribution in [0.4, 0.5) is 5.69 Å². The van der Waals surface area contributed by atoms with Crippen molar-refractivity contribution in [3.63, 3.8) is 0 Å². The van der Waals surface area contributed by atoms with Gasteiger partial charge in [-0.25, -0.2) is 0 Å². The average molecular weight is 448 g/mol. The van der Waals surface area contributed by atoms with Gasteiger partial charge in [0, 0.05) is 21.8 Å². The molecular weight excluding hydrogens is 426 g/mol. The summed E-state index contributed by atoms with van der Waals surface area (Å²) in [7, 11) is 0. The van der Waals surface area contributed by atoms with Crippen LogP contribution in [0.1, 0.15) is 45.7 Å². The third-order valence-electron chi connectivity index (χ3n) is 5.82. The molecule has 0 spiro atoms. The van der Waals surface area contributed by atoms with Crippen LogP contribution in [0.25, 0.3) is 0 Å². The molecule has 3 unspecified atom stereocenters. The number of piperidine rings is 1. The molecular formula is C26H22ClNO4. The van der Waals surface area contributed by atoms with Gasteiger partial charge in [-0.05, 0) is 67.4 Å². The van der Waals surface area contributed by atoms with Crippen LogP contribution in [-0.2, 0) is 4.79 Å². The second-order valence-electron chi connectivity index (χ2n) is 7.90.